The molecule has 1 aromatic rings. The topological polar surface area (TPSA) is 37.4 Å². The van der Waals surface area contributed by atoms with Gasteiger partial charge in [0.1, 0.15) is 5.82 Å². The summed E-state index contributed by atoms with van der Waals surface area (Å²) < 4.78 is 5.72. The van der Waals surface area contributed by atoms with Gasteiger partial charge in [-0.05, 0) is 56.2 Å². The normalized spacial score (nSPS) is 18.0. The molecule has 2 aliphatic carbocycles. The predicted molar refractivity (Wildman–Crippen MR) is 85.6 cm³/mol. The highest BCUT2D eigenvalue weighted by molar-refractivity contribution is 5.41. The fraction of sp³-hybridized carbons (Fsp3) is 0.706. The van der Waals surface area contributed by atoms with Crippen molar-refractivity contribution in [2.24, 2.45) is 5.92 Å². The number of hydrogen-bond donors (Lipinski definition) is 1. The first-order chi connectivity index (χ1) is 10.2. The lowest BCUT2D eigenvalue weighted by atomic mass is 10.2. The molecule has 4 heteroatoms. The van der Waals surface area contributed by atoms with Gasteiger partial charge in [0.05, 0.1) is 6.61 Å². The highest BCUT2D eigenvalue weighted by Gasteiger charge is 2.21. The van der Waals surface area contributed by atoms with Crippen LogP contribution in [0.3, 0.4) is 0 Å². The van der Waals surface area contributed by atoms with E-state index in [4.69, 9.17) is 4.74 Å². The number of ether oxygens (including phenoxy) is 1. The van der Waals surface area contributed by atoms with E-state index in [1.165, 1.54) is 31.2 Å². The summed E-state index contributed by atoms with van der Waals surface area (Å²) in [4.78, 5) is 6.84. The zero-order chi connectivity index (χ0) is 14.7. The van der Waals surface area contributed by atoms with E-state index < -0.39 is 0 Å². The third-order valence-corrected chi connectivity index (χ3v) is 4.18. The molecule has 0 atom stereocenters. The van der Waals surface area contributed by atoms with Crippen molar-refractivity contribution in [3.63, 3.8) is 0 Å². The standard InChI is InChI=1S/C17H27N3O/c1-13-9-15(11-18-16-5-6-16)10-17(19-13)20(2)7-8-21-12-14-3-4-14/h9-10,14,16,18H,3-8,11-12H2,1-2H3. The largest absolute Gasteiger partial charge is 0.379 e. The van der Waals surface area contributed by atoms with Gasteiger partial charge in [0.2, 0.25) is 0 Å². The predicted octanol–water partition coefficient (Wildman–Crippen LogP) is 2.50. The number of aromatic nitrogens is 1. The molecule has 0 amide bonds. The van der Waals surface area contributed by atoms with Crippen molar-refractivity contribution in [2.45, 2.75) is 45.2 Å². The van der Waals surface area contributed by atoms with E-state index >= 15 is 0 Å². The van der Waals surface area contributed by atoms with Crippen LogP contribution in [0.15, 0.2) is 12.1 Å². The smallest absolute Gasteiger partial charge is 0.128 e. The summed E-state index contributed by atoms with van der Waals surface area (Å²) in [6.45, 7) is 5.65. The van der Waals surface area contributed by atoms with Gasteiger partial charge < -0.3 is 15.0 Å². The minimum Gasteiger partial charge on any atom is -0.379 e. The van der Waals surface area contributed by atoms with Gasteiger partial charge in [-0.1, -0.05) is 0 Å². The van der Waals surface area contributed by atoms with Crippen molar-refractivity contribution < 1.29 is 4.74 Å². The second kappa shape index (κ2) is 6.75. The third-order valence-electron chi connectivity index (χ3n) is 4.18. The molecule has 116 valence electrons. The number of likely N-dealkylation sites (N-methyl/N-ethyl adjacent to an activating group) is 1. The monoisotopic (exact) mass is 289 g/mol. The molecule has 1 aromatic heterocycles. The molecule has 4 nitrogen and oxygen atoms in total. The fourth-order valence-electron chi connectivity index (χ4n) is 2.42. The lowest BCUT2D eigenvalue weighted by molar-refractivity contribution is 0.131. The van der Waals surface area contributed by atoms with Crippen LogP contribution in [-0.4, -0.2) is 37.8 Å². The van der Waals surface area contributed by atoms with Crippen molar-refractivity contribution in [3.05, 3.63) is 23.4 Å². The van der Waals surface area contributed by atoms with Crippen molar-refractivity contribution in [3.8, 4) is 0 Å². The van der Waals surface area contributed by atoms with Gasteiger partial charge in [0, 0.05) is 38.5 Å². The number of anilines is 1. The van der Waals surface area contributed by atoms with Crippen LogP contribution >= 0.6 is 0 Å². The summed E-state index contributed by atoms with van der Waals surface area (Å²) >= 11 is 0. The average molecular weight is 289 g/mol. The first-order valence-corrected chi connectivity index (χ1v) is 8.20. The Morgan fingerprint density at radius 1 is 1.29 bits per heavy atom. The summed E-state index contributed by atoms with van der Waals surface area (Å²) in [6, 6.07) is 5.12. The van der Waals surface area contributed by atoms with Gasteiger partial charge in [-0.25, -0.2) is 4.98 Å². The lowest BCUT2D eigenvalue weighted by Gasteiger charge is -2.19. The maximum absolute atomic E-state index is 5.72. The van der Waals surface area contributed by atoms with Crippen LogP contribution in [0.25, 0.3) is 0 Å². The molecule has 2 fully saturated rings. The molecule has 0 aromatic carbocycles. The molecule has 2 saturated carbocycles. The van der Waals surface area contributed by atoms with Crippen LogP contribution in [0.1, 0.15) is 36.9 Å². The number of nitrogens with zero attached hydrogens (tertiary/aromatic N) is 2. The van der Waals surface area contributed by atoms with Crippen molar-refractivity contribution in [1.29, 1.82) is 0 Å². The van der Waals surface area contributed by atoms with Crippen LogP contribution in [0.5, 0.6) is 0 Å². The third kappa shape index (κ3) is 4.97. The van der Waals surface area contributed by atoms with E-state index in [0.29, 0.717) is 0 Å². The molecule has 3 rings (SSSR count). The Balaban J connectivity index is 1.49. The molecular formula is C17H27N3O. The van der Waals surface area contributed by atoms with E-state index in [0.717, 1.165) is 49.8 Å². The molecule has 0 aliphatic heterocycles. The van der Waals surface area contributed by atoms with E-state index in [9.17, 15) is 0 Å². The molecule has 2 aliphatic rings. The Bertz CT molecular complexity index is 469. The summed E-state index contributed by atoms with van der Waals surface area (Å²) in [5.41, 5.74) is 2.42. The Hall–Kier alpha value is -1.13. The van der Waals surface area contributed by atoms with Crippen molar-refractivity contribution in [1.82, 2.24) is 10.3 Å². The molecule has 1 heterocycles. The first-order valence-electron chi connectivity index (χ1n) is 8.20. The Morgan fingerprint density at radius 2 is 2.10 bits per heavy atom. The Labute approximate surface area is 127 Å². The van der Waals surface area contributed by atoms with Crippen molar-refractivity contribution >= 4 is 5.82 Å². The summed E-state index contributed by atoms with van der Waals surface area (Å²) in [6.07, 6.45) is 5.36. The van der Waals surface area contributed by atoms with E-state index in [1.54, 1.807) is 0 Å². The minimum absolute atomic E-state index is 0.746. The Morgan fingerprint density at radius 3 is 2.81 bits per heavy atom. The molecule has 21 heavy (non-hydrogen) atoms. The SMILES string of the molecule is Cc1cc(CNC2CC2)cc(N(C)CCOCC2CC2)n1. The average Bonchev–Trinajstić information content (AvgIpc) is 3.35. The molecule has 0 saturated heterocycles. The zero-order valence-electron chi connectivity index (χ0n) is 13.3. The van der Waals surface area contributed by atoms with Crippen LogP contribution < -0.4 is 10.2 Å². The van der Waals surface area contributed by atoms with Gasteiger partial charge in [-0.2, -0.15) is 0 Å². The summed E-state index contributed by atoms with van der Waals surface area (Å²) in [5.74, 6) is 1.89. The van der Waals surface area contributed by atoms with Gasteiger partial charge in [-0.3, -0.25) is 0 Å². The van der Waals surface area contributed by atoms with Gasteiger partial charge in [0.25, 0.3) is 0 Å². The number of aryl methyl sites for hydroxylation is 1. The maximum atomic E-state index is 5.72. The molecule has 0 radical (unpaired) electrons. The maximum Gasteiger partial charge on any atom is 0.128 e. The quantitative estimate of drug-likeness (QED) is 0.709. The van der Waals surface area contributed by atoms with Crippen molar-refractivity contribution in [2.75, 3.05) is 31.7 Å². The molecule has 1 N–H and O–H groups in total. The van der Waals surface area contributed by atoms with Crippen LogP contribution in [0.4, 0.5) is 5.82 Å². The van der Waals surface area contributed by atoms with Crippen LogP contribution in [-0.2, 0) is 11.3 Å². The van der Waals surface area contributed by atoms with Crippen LogP contribution in [0, 0.1) is 12.8 Å². The lowest BCUT2D eigenvalue weighted by Crippen LogP contribution is -2.24. The zero-order valence-corrected chi connectivity index (χ0v) is 13.3. The van der Waals surface area contributed by atoms with Gasteiger partial charge in [0.15, 0.2) is 0 Å². The Kier molecular flexibility index (Phi) is 4.76. The van der Waals surface area contributed by atoms with E-state index in [2.05, 4.69) is 41.3 Å². The number of rotatable bonds is 9. The molecule has 0 spiro atoms. The molecule has 0 bridgehead atoms. The fourth-order valence-corrected chi connectivity index (χ4v) is 2.42. The minimum atomic E-state index is 0.746. The number of pyridine rings is 1. The van der Waals surface area contributed by atoms with E-state index in [1.807, 2.05) is 0 Å². The number of hydrogen-bond acceptors (Lipinski definition) is 4. The summed E-state index contributed by atoms with van der Waals surface area (Å²) in [5, 5.41) is 3.57. The first kappa shape index (κ1) is 14.8. The molecular weight excluding hydrogens is 262 g/mol. The van der Waals surface area contributed by atoms with Gasteiger partial charge >= 0.3 is 0 Å². The van der Waals surface area contributed by atoms with Gasteiger partial charge in [-0.15, -0.1) is 0 Å². The highest BCUT2D eigenvalue weighted by atomic mass is 16.5. The second-order valence-corrected chi connectivity index (χ2v) is 6.57. The highest BCUT2D eigenvalue weighted by Crippen LogP contribution is 2.28. The number of nitrogens with one attached hydrogen (secondary N) is 1. The van der Waals surface area contributed by atoms with Crippen LogP contribution in [0.2, 0.25) is 0 Å². The molecule has 0 unspecified atom stereocenters. The van der Waals surface area contributed by atoms with E-state index in [-0.39, 0.29) is 0 Å². The second-order valence-electron chi connectivity index (χ2n) is 6.57. The summed E-state index contributed by atoms with van der Waals surface area (Å²) in [7, 11) is 2.10.